The Balaban J connectivity index is 1.50. The number of furan rings is 1. The summed E-state index contributed by atoms with van der Waals surface area (Å²) in [5, 5.41) is 7.86. The van der Waals surface area contributed by atoms with E-state index in [-0.39, 0.29) is 0 Å². The Morgan fingerprint density at radius 2 is 1.04 bits per heavy atom. The third kappa shape index (κ3) is 4.64. The van der Waals surface area contributed by atoms with Crippen LogP contribution in [0.4, 0.5) is 0 Å². The molecule has 0 amide bonds. The standard InChI is InChI=1S/C41H32O3Si2/c1-30-18-14-15-27-35(30)42-38-39-41(44-40(38)45(31-19-6-2-7-20-31)32-21-8-3-9-22-32)46(33-23-10-4-11-24-33,34-25-12-5-13-26-34)37-29-17-16-28-36(37)43-39/h2-29,45H,1H3. The van der Waals surface area contributed by atoms with Crippen molar-refractivity contribution in [3.05, 3.63) is 175 Å². The van der Waals surface area contributed by atoms with Crippen LogP contribution in [0.2, 0.25) is 0 Å². The molecule has 1 aliphatic rings. The van der Waals surface area contributed by atoms with Crippen LogP contribution in [-0.4, -0.2) is 16.9 Å². The van der Waals surface area contributed by atoms with Gasteiger partial charge in [0.15, 0.2) is 8.80 Å². The first-order valence-corrected chi connectivity index (χ1v) is 19.4. The second-order valence-corrected chi connectivity index (χ2v) is 18.0. The lowest BCUT2D eigenvalue weighted by Crippen LogP contribution is -2.76. The van der Waals surface area contributed by atoms with Crippen LogP contribution < -0.4 is 46.2 Å². The van der Waals surface area contributed by atoms with Gasteiger partial charge in [0, 0.05) is 5.19 Å². The zero-order valence-corrected chi connectivity index (χ0v) is 27.6. The Labute approximate surface area is 272 Å². The molecule has 5 heteroatoms. The summed E-state index contributed by atoms with van der Waals surface area (Å²) in [6.45, 7) is 2.08. The second-order valence-electron chi connectivity index (χ2n) is 11.7. The van der Waals surface area contributed by atoms with E-state index in [2.05, 4.69) is 153 Å². The topological polar surface area (TPSA) is 31.6 Å². The van der Waals surface area contributed by atoms with E-state index in [0.29, 0.717) is 11.5 Å². The van der Waals surface area contributed by atoms with Crippen LogP contribution in [0.1, 0.15) is 5.56 Å². The second kappa shape index (κ2) is 11.9. The minimum atomic E-state index is -3.01. The van der Waals surface area contributed by atoms with Crippen molar-refractivity contribution in [3.8, 4) is 23.0 Å². The van der Waals surface area contributed by atoms with Gasteiger partial charge in [-0.15, -0.1) is 0 Å². The molecule has 0 fully saturated rings. The van der Waals surface area contributed by atoms with Crippen LogP contribution >= 0.6 is 0 Å². The summed E-state index contributed by atoms with van der Waals surface area (Å²) in [6, 6.07) is 59.8. The minimum Gasteiger partial charge on any atom is -0.467 e. The van der Waals surface area contributed by atoms with Crippen molar-refractivity contribution in [2.75, 3.05) is 0 Å². The van der Waals surface area contributed by atoms with E-state index in [0.717, 1.165) is 27.8 Å². The molecule has 3 nitrogen and oxygen atoms in total. The van der Waals surface area contributed by atoms with E-state index in [4.69, 9.17) is 13.9 Å². The van der Waals surface area contributed by atoms with Crippen molar-refractivity contribution in [1.29, 1.82) is 0 Å². The van der Waals surface area contributed by atoms with Crippen LogP contribution in [0, 0.1) is 6.92 Å². The molecule has 1 aromatic heterocycles. The van der Waals surface area contributed by atoms with E-state index in [9.17, 15) is 0 Å². The number of benzene rings is 6. The van der Waals surface area contributed by atoms with E-state index in [1.165, 1.54) is 25.9 Å². The van der Waals surface area contributed by atoms with Gasteiger partial charge in [0.1, 0.15) is 22.3 Å². The molecular formula is C41H32O3Si2. The van der Waals surface area contributed by atoms with Crippen LogP contribution in [0.25, 0.3) is 0 Å². The van der Waals surface area contributed by atoms with Crippen LogP contribution in [0.3, 0.4) is 0 Å². The monoisotopic (exact) mass is 628 g/mol. The van der Waals surface area contributed by atoms with Gasteiger partial charge in [-0.3, -0.25) is 0 Å². The molecule has 222 valence electrons. The zero-order chi connectivity index (χ0) is 30.9. The highest BCUT2D eigenvalue weighted by molar-refractivity contribution is 7.20. The predicted molar refractivity (Wildman–Crippen MR) is 193 cm³/mol. The first-order valence-electron chi connectivity index (χ1n) is 15.6. The number of hydrogen-bond acceptors (Lipinski definition) is 3. The summed E-state index contributed by atoms with van der Waals surface area (Å²) in [7, 11) is -5.22. The number of para-hydroxylation sites is 2. The van der Waals surface area contributed by atoms with Crippen LogP contribution in [0.5, 0.6) is 23.0 Å². The maximum atomic E-state index is 7.48. The fraction of sp³-hybridized carbons (Fsp3) is 0.0244. The molecule has 0 atom stereocenters. The summed E-state index contributed by atoms with van der Waals surface area (Å²) >= 11 is 0. The van der Waals surface area contributed by atoms with Crippen LogP contribution in [-0.2, 0) is 0 Å². The van der Waals surface area contributed by atoms with Gasteiger partial charge in [0.05, 0.1) is 0 Å². The average molecular weight is 629 g/mol. The molecule has 0 saturated carbocycles. The van der Waals surface area contributed by atoms with Gasteiger partial charge in [-0.1, -0.05) is 158 Å². The lowest BCUT2D eigenvalue weighted by molar-refractivity contribution is 0.425. The molecule has 0 radical (unpaired) electrons. The fourth-order valence-electron chi connectivity index (χ4n) is 6.82. The van der Waals surface area contributed by atoms with Crippen molar-refractivity contribution in [1.82, 2.24) is 0 Å². The Kier molecular flexibility index (Phi) is 7.25. The smallest absolute Gasteiger partial charge is 0.232 e. The lowest BCUT2D eigenvalue weighted by Gasteiger charge is -2.36. The molecule has 46 heavy (non-hydrogen) atoms. The number of aryl methyl sites for hydroxylation is 1. The molecule has 2 heterocycles. The summed E-state index contributed by atoms with van der Waals surface area (Å²) < 4.78 is 21.5. The molecule has 0 saturated heterocycles. The largest absolute Gasteiger partial charge is 0.467 e. The zero-order valence-electron chi connectivity index (χ0n) is 25.5. The Hall–Kier alpha value is -5.37. The van der Waals surface area contributed by atoms with Gasteiger partial charge in [-0.2, -0.15) is 0 Å². The van der Waals surface area contributed by atoms with Gasteiger partial charge in [-0.25, -0.2) is 0 Å². The summed E-state index contributed by atoms with van der Waals surface area (Å²) in [4.78, 5) is 0. The fourth-order valence-corrected chi connectivity index (χ4v) is 14.6. The van der Waals surface area contributed by atoms with Gasteiger partial charge >= 0.3 is 0 Å². The van der Waals surface area contributed by atoms with E-state index in [1.54, 1.807) is 0 Å². The Morgan fingerprint density at radius 3 is 1.63 bits per heavy atom. The molecule has 0 N–H and O–H groups in total. The van der Waals surface area contributed by atoms with Gasteiger partial charge in [0.25, 0.3) is 0 Å². The van der Waals surface area contributed by atoms with Crippen LogP contribution in [0.15, 0.2) is 174 Å². The first kappa shape index (κ1) is 28.1. The van der Waals surface area contributed by atoms with E-state index >= 15 is 0 Å². The summed E-state index contributed by atoms with van der Waals surface area (Å²) in [6.07, 6.45) is 0. The predicted octanol–water partition coefficient (Wildman–Crippen LogP) is 5.11. The van der Waals surface area contributed by atoms with E-state index in [1.807, 2.05) is 24.3 Å². The summed E-state index contributed by atoms with van der Waals surface area (Å²) in [5.74, 6) is 2.98. The van der Waals surface area contributed by atoms with Crippen molar-refractivity contribution in [2.24, 2.45) is 0 Å². The number of fused-ring (bicyclic) bond motifs is 2. The number of hydrogen-bond donors (Lipinski definition) is 0. The van der Waals surface area contributed by atoms with Gasteiger partial charge < -0.3 is 13.9 Å². The van der Waals surface area contributed by atoms with Gasteiger partial charge in [-0.05, 0) is 45.4 Å². The number of rotatable bonds is 7. The Morgan fingerprint density at radius 1 is 0.543 bits per heavy atom. The van der Waals surface area contributed by atoms with Crippen molar-refractivity contribution in [2.45, 2.75) is 6.92 Å². The first-order chi connectivity index (χ1) is 22.7. The molecular weight excluding hydrogens is 597 g/mol. The highest BCUT2D eigenvalue weighted by atomic mass is 28.3. The quantitative estimate of drug-likeness (QED) is 0.230. The normalized spacial score (nSPS) is 13.0. The molecule has 0 unspecified atom stereocenters. The Bertz CT molecular complexity index is 2030. The highest BCUT2D eigenvalue weighted by Gasteiger charge is 2.53. The third-order valence-electron chi connectivity index (χ3n) is 8.94. The average Bonchev–Trinajstić information content (AvgIpc) is 3.47. The van der Waals surface area contributed by atoms with Crippen molar-refractivity contribution >= 4 is 53.6 Å². The molecule has 1 aliphatic heterocycles. The highest BCUT2D eigenvalue weighted by Crippen LogP contribution is 2.39. The SMILES string of the molecule is Cc1ccccc1Oc1c([SiH](c2ccccc2)c2ccccc2)oc2c1Oc1ccccc1[Si]2(c1ccccc1)c1ccccc1. The third-order valence-corrected chi connectivity index (χ3v) is 16.6. The van der Waals surface area contributed by atoms with E-state index < -0.39 is 16.9 Å². The molecule has 8 rings (SSSR count). The molecule has 0 aliphatic carbocycles. The van der Waals surface area contributed by atoms with Gasteiger partial charge in [0.2, 0.25) is 19.6 Å². The van der Waals surface area contributed by atoms with Crippen molar-refractivity contribution < 1.29 is 13.9 Å². The molecule has 7 aromatic rings. The maximum absolute atomic E-state index is 7.48. The maximum Gasteiger partial charge on any atom is 0.232 e. The number of ether oxygens (including phenoxy) is 2. The molecule has 0 bridgehead atoms. The molecule has 6 aromatic carbocycles. The minimum absolute atomic E-state index is 0.673. The summed E-state index contributed by atoms with van der Waals surface area (Å²) in [5.41, 5.74) is 1.05. The van der Waals surface area contributed by atoms with Crippen molar-refractivity contribution in [3.63, 3.8) is 0 Å². The molecule has 0 spiro atoms. The lowest BCUT2D eigenvalue weighted by atomic mass is 10.2.